The van der Waals surface area contributed by atoms with Gasteiger partial charge in [-0.25, -0.2) is 0 Å². The summed E-state index contributed by atoms with van der Waals surface area (Å²) in [6, 6.07) is -0.311. The molecule has 0 aromatic rings. The topological polar surface area (TPSA) is 58.6 Å². The average molecular weight is 173 g/mol. The molecule has 0 unspecified atom stereocenters. The van der Waals surface area contributed by atoms with Crippen LogP contribution in [0.3, 0.4) is 0 Å². The largest absolute Gasteiger partial charge is 0.465 e. The van der Waals surface area contributed by atoms with Gasteiger partial charge in [0, 0.05) is 0 Å². The first-order valence-electron chi connectivity index (χ1n) is 4.32. The van der Waals surface area contributed by atoms with E-state index in [9.17, 15) is 9.90 Å². The highest BCUT2D eigenvalue weighted by Gasteiger charge is 2.26. The second-order valence-corrected chi connectivity index (χ2v) is 2.94. The Balaban J connectivity index is 2.35. The lowest BCUT2D eigenvalue weighted by atomic mass is 10.0. The molecule has 0 bridgehead atoms. The number of aliphatic hydroxyl groups excluding tert-OH is 1. The van der Waals surface area contributed by atoms with Crippen molar-refractivity contribution in [3.05, 3.63) is 0 Å². The fraction of sp³-hybridized carbons (Fsp3) is 0.875. The van der Waals surface area contributed by atoms with Gasteiger partial charge in [-0.3, -0.25) is 4.79 Å². The lowest BCUT2D eigenvalue weighted by molar-refractivity contribution is -0.147. The molecule has 2 atom stereocenters. The number of aliphatic hydroxyl groups is 1. The van der Waals surface area contributed by atoms with E-state index in [1.807, 2.05) is 0 Å². The highest BCUT2D eigenvalue weighted by Crippen LogP contribution is 2.09. The molecule has 1 heterocycles. The van der Waals surface area contributed by atoms with Crippen LogP contribution in [-0.2, 0) is 9.53 Å². The average Bonchev–Trinajstić information content (AvgIpc) is 2.05. The molecule has 4 heteroatoms. The molecule has 70 valence electrons. The Labute approximate surface area is 71.9 Å². The summed E-state index contributed by atoms with van der Waals surface area (Å²) in [6.07, 6.45) is 0.829. The third-order valence-electron chi connectivity index (χ3n) is 1.95. The molecule has 0 radical (unpaired) electrons. The van der Waals surface area contributed by atoms with Gasteiger partial charge >= 0.3 is 5.97 Å². The summed E-state index contributed by atoms with van der Waals surface area (Å²) in [6.45, 7) is 2.86. The number of nitrogens with one attached hydrogen (secondary N) is 1. The van der Waals surface area contributed by atoms with Crippen LogP contribution in [0.5, 0.6) is 0 Å². The van der Waals surface area contributed by atoms with Gasteiger partial charge in [-0.15, -0.1) is 0 Å². The molecule has 1 aliphatic heterocycles. The van der Waals surface area contributed by atoms with Crippen molar-refractivity contribution in [2.45, 2.75) is 31.9 Å². The Morgan fingerprint density at radius 3 is 3.08 bits per heavy atom. The summed E-state index contributed by atoms with van der Waals surface area (Å²) in [5.41, 5.74) is 0. The quantitative estimate of drug-likeness (QED) is 0.561. The zero-order valence-electron chi connectivity index (χ0n) is 7.25. The molecule has 12 heavy (non-hydrogen) atoms. The first-order chi connectivity index (χ1) is 5.74. The van der Waals surface area contributed by atoms with Crippen LogP contribution in [-0.4, -0.2) is 36.4 Å². The molecule has 4 nitrogen and oxygen atoms in total. The van der Waals surface area contributed by atoms with E-state index in [2.05, 4.69) is 5.32 Å². The minimum absolute atomic E-state index is 0.253. The summed E-state index contributed by atoms with van der Waals surface area (Å²) in [4.78, 5) is 11.1. The van der Waals surface area contributed by atoms with Crippen LogP contribution >= 0.6 is 0 Å². The van der Waals surface area contributed by atoms with E-state index in [-0.39, 0.29) is 18.1 Å². The van der Waals surface area contributed by atoms with Crippen LogP contribution in [0.2, 0.25) is 0 Å². The van der Waals surface area contributed by atoms with Gasteiger partial charge in [0.2, 0.25) is 0 Å². The van der Waals surface area contributed by atoms with E-state index >= 15 is 0 Å². The Hall–Kier alpha value is -0.610. The van der Waals surface area contributed by atoms with Gasteiger partial charge in [0.15, 0.2) is 0 Å². The Morgan fingerprint density at radius 1 is 1.75 bits per heavy atom. The first kappa shape index (κ1) is 9.48. The maximum atomic E-state index is 11.1. The smallest absolute Gasteiger partial charge is 0.323 e. The van der Waals surface area contributed by atoms with Gasteiger partial charge in [-0.1, -0.05) is 0 Å². The zero-order chi connectivity index (χ0) is 8.97. The molecule has 0 amide bonds. The van der Waals surface area contributed by atoms with Crippen LogP contribution in [0.25, 0.3) is 0 Å². The number of ether oxygens (including phenoxy) is 1. The van der Waals surface area contributed by atoms with E-state index in [0.29, 0.717) is 19.6 Å². The molecule has 0 aliphatic carbocycles. The SMILES string of the molecule is CCOC(=O)[C@@H]1C[C@@H](O)CCN1. The lowest BCUT2D eigenvalue weighted by Gasteiger charge is -2.25. The summed E-state index contributed by atoms with van der Waals surface area (Å²) in [5, 5.41) is 12.2. The van der Waals surface area contributed by atoms with E-state index in [4.69, 9.17) is 4.74 Å². The van der Waals surface area contributed by atoms with Crippen molar-refractivity contribution >= 4 is 5.97 Å². The van der Waals surface area contributed by atoms with Gasteiger partial charge in [-0.2, -0.15) is 0 Å². The fourth-order valence-corrected chi connectivity index (χ4v) is 1.32. The number of carbonyl (C=O) groups excluding carboxylic acids is 1. The van der Waals surface area contributed by atoms with Gasteiger partial charge in [0.1, 0.15) is 6.04 Å². The van der Waals surface area contributed by atoms with Crippen molar-refractivity contribution in [1.82, 2.24) is 5.32 Å². The maximum absolute atomic E-state index is 11.1. The Bertz CT molecular complexity index is 160. The Kier molecular flexibility index (Phi) is 3.49. The highest BCUT2D eigenvalue weighted by atomic mass is 16.5. The number of piperidine rings is 1. The molecule has 1 fully saturated rings. The predicted octanol–water partition coefficient (Wildman–Crippen LogP) is -0.338. The number of hydrogen-bond acceptors (Lipinski definition) is 4. The summed E-state index contributed by atoms with van der Waals surface area (Å²) in [7, 11) is 0. The van der Waals surface area contributed by atoms with Gasteiger partial charge < -0.3 is 15.2 Å². The normalized spacial score (nSPS) is 29.8. The fourth-order valence-electron chi connectivity index (χ4n) is 1.32. The van der Waals surface area contributed by atoms with Crippen molar-refractivity contribution in [2.75, 3.05) is 13.2 Å². The summed E-state index contributed by atoms with van der Waals surface area (Å²) >= 11 is 0. The zero-order valence-corrected chi connectivity index (χ0v) is 7.25. The number of carbonyl (C=O) groups is 1. The first-order valence-corrected chi connectivity index (χ1v) is 4.32. The van der Waals surface area contributed by atoms with Gasteiger partial charge in [0.05, 0.1) is 12.7 Å². The molecule has 0 saturated carbocycles. The van der Waals surface area contributed by atoms with Crippen LogP contribution in [0.1, 0.15) is 19.8 Å². The molecule has 1 aliphatic rings. The van der Waals surface area contributed by atoms with E-state index in [0.717, 1.165) is 6.42 Å². The van der Waals surface area contributed by atoms with Gasteiger partial charge in [-0.05, 0) is 26.3 Å². The second kappa shape index (κ2) is 4.42. The second-order valence-electron chi connectivity index (χ2n) is 2.94. The lowest BCUT2D eigenvalue weighted by Crippen LogP contribution is -2.46. The standard InChI is InChI=1S/C8H15NO3/c1-2-12-8(11)7-5-6(10)3-4-9-7/h6-7,9-10H,2-5H2,1H3/t6-,7-/m0/s1. The maximum Gasteiger partial charge on any atom is 0.323 e. The molecule has 2 N–H and O–H groups in total. The highest BCUT2D eigenvalue weighted by molar-refractivity contribution is 5.75. The third-order valence-corrected chi connectivity index (χ3v) is 1.95. The number of rotatable bonds is 2. The van der Waals surface area contributed by atoms with E-state index < -0.39 is 0 Å². The molecule has 1 rings (SSSR count). The molecule has 0 aromatic heterocycles. The van der Waals surface area contributed by atoms with Crippen LogP contribution in [0.15, 0.2) is 0 Å². The molecule has 0 aromatic carbocycles. The molecular weight excluding hydrogens is 158 g/mol. The summed E-state index contributed by atoms with van der Waals surface area (Å²) in [5.74, 6) is -0.253. The van der Waals surface area contributed by atoms with Crippen molar-refractivity contribution in [3.8, 4) is 0 Å². The monoisotopic (exact) mass is 173 g/mol. The van der Waals surface area contributed by atoms with Crippen molar-refractivity contribution in [3.63, 3.8) is 0 Å². The Morgan fingerprint density at radius 2 is 2.50 bits per heavy atom. The predicted molar refractivity (Wildman–Crippen MR) is 43.7 cm³/mol. The minimum atomic E-state index is -0.361. The van der Waals surface area contributed by atoms with E-state index in [1.54, 1.807) is 6.92 Å². The van der Waals surface area contributed by atoms with Crippen LogP contribution in [0, 0.1) is 0 Å². The van der Waals surface area contributed by atoms with E-state index in [1.165, 1.54) is 0 Å². The molecule has 0 spiro atoms. The molecule has 1 saturated heterocycles. The minimum Gasteiger partial charge on any atom is -0.465 e. The number of esters is 1. The molecular formula is C8H15NO3. The van der Waals surface area contributed by atoms with Crippen molar-refractivity contribution in [1.29, 1.82) is 0 Å². The van der Waals surface area contributed by atoms with Crippen LogP contribution < -0.4 is 5.32 Å². The van der Waals surface area contributed by atoms with Crippen molar-refractivity contribution < 1.29 is 14.6 Å². The number of hydrogen-bond donors (Lipinski definition) is 2. The third kappa shape index (κ3) is 2.46. The van der Waals surface area contributed by atoms with Crippen LogP contribution in [0.4, 0.5) is 0 Å². The summed E-state index contributed by atoms with van der Waals surface area (Å²) < 4.78 is 4.82. The van der Waals surface area contributed by atoms with Crippen molar-refractivity contribution in [2.24, 2.45) is 0 Å². The van der Waals surface area contributed by atoms with Gasteiger partial charge in [0.25, 0.3) is 0 Å².